The number of Topliss-reactive ketones (excluding diaryl/α,β-unsaturated/α-hetero) is 1. The molecule has 0 rings (SSSR count). The molecule has 84 valence electrons. The second kappa shape index (κ2) is 5.47. The Balaban J connectivity index is 3.83. The van der Waals surface area contributed by atoms with E-state index in [1.165, 1.54) is 0 Å². The first-order valence-corrected chi connectivity index (χ1v) is 5.10. The van der Waals surface area contributed by atoms with Gasteiger partial charge in [0.05, 0.1) is 6.54 Å². The van der Waals surface area contributed by atoms with Crippen molar-refractivity contribution in [2.75, 3.05) is 40.8 Å². The van der Waals surface area contributed by atoms with E-state index in [4.69, 9.17) is 0 Å². The van der Waals surface area contributed by atoms with Gasteiger partial charge in [-0.15, -0.1) is 0 Å². The van der Waals surface area contributed by atoms with Crippen LogP contribution in [-0.4, -0.2) is 56.4 Å². The molecule has 0 aromatic heterocycles. The number of hydrogen-bond donors (Lipinski definition) is 0. The molecule has 0 atom stereocenters. The third-order valence-electron chi connectivity index (χ3n) is 2.18. The number of carbonyl (C=O) groups is 1. The maximum Gasteiger partial charge on any atom is 0.152 e. The number of hydrogen-bond acceptors (Lipinski definition) is 3. The minimum atomic E-state index is -0.216. The van der Waals surface area contributed by atoms with E-state index in [9.17, 15) is 4.79 Å². The van der Waals surface area contributed by atoms with E-state index in [2.05, 4.69) is 9.80 Å². The summed E-state index contributed by atoms with van der Waals surface area (Å²) in [4.78, 5) is 15.9. The number of likely N-dealkylation sites (N-methyl/N-ethyl adjacent to an activating group) is 2. The van der Waals surface area contributed by atoms with Crippen LogP contribution in [0.2, 0.25) is 0 Å². The van der Waals surface area contributed by atoms with Gasteiger partial charge in [-0.25, -0.2) is 0 Å². The molecule has 3 nitrogen and oxygen atoms in total. The highest BCUT2D eigenvalue weighted by atomic mass is 16.1. The molecule has 0 spiro atoms. The molecule has 0 aliphatic heterocycles. The summed E-state index contributed by atoms with van der Waals surface area (Å²) in [5.74, 6) is 0.304. The van der Waals surface area contributed by atoms with Crippen molar-refractivity contribution in [1.29, 1.82) is 0 Å². The number of nitrogens with zero attached hydrogens (tertiary/aromatic N) is 2. The Morgan fingerprint density at radius 3 is 1.93 bits per heavy atom. The summed E-state index contributed by atoms with van der Waals surface area (Å²) in [7, 11) is 6.08. The van der Waals surface area contributed by atoms with Crippen molar-refractivity contribution >= 4 is 5.78 Å². The summed E-state index contributed by atoms with van der Waals surface area (Å²) in [5.41, 5.74) is -0.216. The summed E-state index contributed by atoms with van der Waals surface area (Å²) in [6, 6.07) is 0. The average Bonchev–Trinajstić information content (AvgIpc) is 1.99. The molecule has 0 amide bonds. The van der Waals surface area contributed by atoms with Gasteiger partial charge in [0.2, 0.25) is 0 Å². The number of carbonyl (C=O) groups excluding carboxylic acids is 1. The predicted molar refractivity (Wildman–Crippen MR) is 60.5 cm³/mol. The first-order chi connectivity index (χ1) is 6.23. The largest absolute Gasteiger partial charge is 0.308 e. The summed E-state index contributed by atoms with van der Waals surface area (Å²) in [5, 5.41) is 0. The highest BCUT2D eigenvalue weighted by molar-refractivity contribution is 5.85. The van der Waals surface area contributed by atoms with Crippen LogP contribution in [0.15, 0.2) is 0 Å². The second-order valence-electron chi connectivity index (χ2n) is 5.21. The number of rotatable bonds is 5. The highest BCUT2D eigenvalue weighted by Crippen LogP contribution is 2.14. The molecular weight excluding hydrogens is 176 g/mol. The molecule has 0 aromatic rings. The Morgan fingerprint density at radius 1 is 1.07 bits per heavy atom. The molecule has 14 heavy (non-hydrogen) atoms. The van der Waals surface area contributed by atoms with Crippen molar-refractivity contribution in [3.63, 3.8) is 0 Å². The first kappa shape index (κ1) is 13.6. The van der Waals surface area contributed by atoms with E-state index in [-0.39, 0.29) is 5.41 Å². The van der Waals surface area contributed by atoms with E-state index in [0.29, 0.717) is 12.3 Å². The zero-order valence-corrected chi connectivity index (χ0v) is 10.4. The minimum absolute atomic E-state index is 0.216. The van der Waals surface area contributed by atoms with Gasteiger partial charge in [0.25, 0.3) is 0 Å². The molecule has 0 saturated carbocycles. The molecule has 0 heterocycles. The molecule has 0 N–H and O–H groups in total. The Kier molecular flexibility index (Phi) is 5.31. The van der Waals surface area contributed by atoms with Gasteiger partial charge in [0.15, 0.2) is 5.78 Å². The second-order valence-corrected chi connectivity index (χ2v) is 5.21. The zero-order chi connectivity index (χ0) is 11.4. The third kappa shape index (κ3) is 6.11. The first-order valence-electron chi connectivity index (χ1n) is 5.10. The summed E-state index contributed by atoms with van der Waals surface area (Å²) < 4.78 is 0. The average molecular weight is 200 g/mol. The quantitative estimate of drug-likeness (QED) is 0.664. The molecule has 0 unspecified atom stereocenters. The summed E-state index contributed by atoms with van der Waals surface area (Å²) in [6.07, 6.45) is 0. The Bertz CT molecular complexity index is 182. The topological polar surface area (TPSA) is 23.6 Å². The zero-order valence-electron chi connectivity index (χ0n) is 10.4. The molecule has 3 heteroatoms. The third-order valence-corrected chi connectivity index (χ3v) is 2.18. The van der Waals surface area contributed by atoms with Crippen molar-refractivity contribution in [2.24, 2.45) is 5.41 Å². The summed E-state index contributed by atoms with van der Waals surface area (Å²) >= 11 is 0. The lowest BCUT2D eigenvalue weighted by molar-refractivity contribution is -0.127. The molecule has 0 bridgehead atoms. The van der Waals surface area contributed by atoms with Crippen molar-refractivity contribution in [3.05, 3.63) is 0 Å². The fourth-order valence-corrected chi connectivity index (χ4v) is 0.932. The maximum absolute atomic E-state index is 11.7. The predicted octanol–water partition coefficient (Wildman–Crippen LogP) is 1.09. The van der Waals surface area contributed by atoms with E-state index < -0.39 is 0 Å². The van der Waals surface area contributed by atoms with Crippen LogP contribution < -0.4 is 0 Å². The Labute approximate surface area is 88.1 Å². The van der Waals surface area contributed by atoms with Gasteiger partial charge >= 0.3 is 0 Å². The lowest BCUT2D eigenvalue weighted by Crippen LogP contribution is -2.36. The van der Waals surface area contributed by atoms with E-state index in [0.717, 1.165) is 13.1 Å². The molecule has 0 aliphatic rings. The van der Waals surface area contributed by atoms with E-state index in [1.54, 1.807) is 0 Å². The van der Waals surface area contributed by atoms with Gasteiger partial charge in [0.1, 0.15) is 0 Å². The number of ketones is 1. The van der Waals surface area contributed by atoms with Crippen LogP contribution in [0, 0.1) is 5.41 Å². The van der Waals surface area contributed by atoms with Crippen LogP contribution in [0.1, 0.15) is 20.8 Å². The van der Waals surface area contributed by atoms with Crippen molar-refractivity contribution < 1.29 is 4.79 Å². The van der Waals surface area contributed by atoms with Gasteiger partial charge in [-0.2, -0.15) is 0 Å². The van der Waals surface area contributed by atoms with Gasteiger partial charge in [-0.3, -0.25) is 9.69 Å². The van der Waals surface area contributed by atoms with E-state index in [1.807, 2.05) is 41.9 Å². The van der Waals surface area contributed by atoms with Gasteiger partial charge in [0, 0.05) is 18.5 Å². The van der Waals surface area contributed by atoms with Crippen molar-refractivity contribution in [2.45, 2.75) is 20.8 Å². The monoisotopic (exact) mass is 200 g/mol. The molecule has 0 aromatic carbocycles. The lowest BCUT2D eigenvalue weighted by atomic mass is 9.90. The van der Waals surface area contributed by atoms with Crippen molar-refractivity contribution in [3.8, 4) is 0 Å². The van der Waals surface area contributed by atoms with Crippen LogP contribution in [0.5, 0.6) is 0 Å². The van der Waals surface area contributed by atoms with Crippen LogP contribution in [0.3, 0.4) is 0 Å². The Hall–Kier alpha value is -0.410. The van der Waals surface area contributed by atoms with Crippen LogP contribution in [0.4, 0.5) is 0 Å². The standard InChI is InChI=1S/C11H24N2O/c1-11(2,3)10(14)9-13(6)8-7-12(4)5/h7-9H2,1-6H3. The van der Waals surface area contributed by atoms with Gasteiger partial charge < -0.3 is 4.90 Å². The van der Waals surface area contributed by atoms with Gasteiger partial charge in [-0.05, 0) is 21.1 Å². The lowest BCUT2D eigenvalue weighted by Gasteiger charge is -2.23. The normalized spacial score (nSPS) is 12.6. The fraction of sp³-hybridized carbons (Fsp3) is 0.909. The molecular formula is C11H24N2O. The molecule has 0 fully saturated rings. The SMILES string of the molecule is CN(C)CCN(C)CC(=O)C(C)(C)C. The Morgan fingerprint density at radius 2 is 1.57 bits per heavy atom. The fourth-order valence-electron chi connectivity index (χ4n) is 0.932. The maximum atomic E-state index is 11.7. The van der Waals surface area contributed by atoms with Crippen LogP contribution >= 0.6 is 0 Å². The smallest absolute Gasteiger partial charge is 0.152 e. The molecule has 0 radical (unpaired) electrons. The van der Waals surface area contributed by atoms with Crippen molar-refractivity contribution in [1.82, 2.24) is 9.80 Å². The molecule has 0 saturated heterocycles. The van der Waals surface area contributed by atoms with Gasteiger partial charge in [-0.1, -0.05) is 20.8 Å². The van der Waals surface area contributed by atoms with E-state index >= 15 is 0 Å². The van der Waals surface area contributed by atoms with Crippen LogP contribution in [0.25, 0.3) is 0 Å². The minimum Gasteiger partial charge on any atom is -0.308 e. The highest BCUT2D eigenvalue weighted by Gasteiger charge is 2.21. The summed E-state index contributed by atoms with van der Waals surface area (Å²) in [6.45, 7) is 8.39. The van der Waals surface area contributed by atoms with Crippen LogP contribution in [-0.2, 0) is 4.79 Å². The molecule has 0 aliphatic carbocycles.